The highest BCUT2D eigenvalue weighted by Gasteiger charge is 2.22. The minimum Gasteiger partial charge on any atom is -0.347 e. The Morgan fingerprint density at radius 1 is 1.64 bits per heavy atom. The van der Waals surface area contributed by atoms with E-state index in [2.05, 4.69) is 16.9 Å². The first kappa shape index (κ1) is 8.94. The lowest BCUT2D eigenvalue weighted by Crippen LogP contribution is -1.97. The van der Waals surface area contributed by atoms with Crippen LogP contribution in [0.5, 0.6) is 0 Å². The van der Waals surface area contributed by atoms with Gasteiger partial charge in [0, 0.05) is 12.1 Å². The Bertz CT molecular complexity index is 374. The zero-order valence-electron chi connectivity index (χ0n) is 7.86. The monoisotopic (exact) mass is 188 g/mol. The molecule has 1 aromatic heterocycles. The van der Waals surface area contributed by atoms with Crippen LogP contribution in [-0.2, 0) is 11.2 Å². The van der Waals surface area contributed by atoms with Crippen LogP contribution in [0.1, 0.15) is 23.5 Å². The molecule has 0 aromatic carbocycles. The summed E-state index contributed by atoms with van der Waals surface area (Å²) in [5, 5.41) is 2.93. The highest BCUT2D eigenvalue weighted by Crippen LogP contribution is 2.31. The second-order valence-corrected chi connectivity index (χ2v) is 3.40. The van der Waals surface area contributed by atoms with Crippen LogP contribution < -0.4 is 5.32 Å². The van der Waals surface area contributed by atoms with Crippen LogP contribution in [0, 0.1) is 0 Å². The highest BCUT2D eigenvalue weighted by molar-refractivity contribution is 5.65. The van der Waals surface area contributed by atoms with Crippen LogP contribution in [0.25, 0.3) is 0 Å². The molecule has 1 aliphatic carbocycles. The lowest BCUT2D eigenvalue weighted by atomic mass is 10.1. The molecular formula is C11H12N2O. The van der Waals surface area contributed by atoms with E-state index in [0.717, 1.165) is 30.5 Å². The lowest BCUT2D eigenvalue weighted by Gasteiger charge is -2.04. The van der Waals surface area contributed by atoms with Crippen molar-refractivity contribution in [2.24, 2.45) is 0 Å². The van der Waals surface area contributed by atoms with E-state index in [9.17, 15) is 4.79 Å². The van der Waals surface area contributed by atoms with Gasteiger partial charge in [-0.3, -0.25) is 0 Å². The first-order chi connectivity index (χ1) is 6.85. The van der Waals surface area contributed by atoms with Gasteiger partial charge in [0.05, 0.1) is 0 Å². The predicted molar refractivity (Wildman–Crippen MR) is 55.2 cm³/mol. The second kappa shape index (κ2) is 3.62. The fraction of sp³-hybridized carbons (Fsp3) is 0.273. The lowest BCUT2D eigenvalue weighted by molar-refractivity contribution is -0.109. The smallest absolute Gasteiger partial charge is 0.130 e. The number of aromatic nitrogens is 1. The maximum absolute atomic E-state index is 10.7. The molecule has 1 heterocycles. The summed E-state index contributed by atoms with van der Waals surface area (Å²) in [6, 6.07) is 1.99. The summed E-state index contributed by atoms with van der Waals surface area (Å²) in [6.07, 6.45) is 6.27. The van der Waals surface area contributed by atoms with Crippen LogP contribution in [0.2, 0.25) is 0 Å². The number of carbonyl (C=O) groups is 1. The molecule has 3 heteroatoms. The van der Waals surface area contributed by atoms with E-state index in [1.165, 1.54) is 5.56 Å². The summed E-state index contributed by atoms with van der Waals surface area (Å²) >= 11 is 0. The standard InChI is InChI=1S/C11H12N2O/c1-2-12-11-5-8-3-4-9(7-14)10(8)6-13-11/h2,5-7,9H,1,3-4H2,(H,12,13). The van der Waals surface area contributed by atoms with E-state index in [0.29, 0.717) is 0 Å². The minimum atomic E-state index is 0.0512. The Balaban J connectivity index is 2.33. The van der Waals surface area contributed by atoms with Crippen molar-refractivity contribution in [2.75, 3.05) is 5.32 Å². The van der Waals surface area contributed by atoms with Gasteiger partial charge < -0.3 is 10.1 Å². The van der Waals surface area contributed by atoms with Crippen molar-refractivity contribution < 1.29 is 4.79 Å². The number of aldehydes is 1. The van der Waals surface area contributed by atoms with E-state index in [4.69, 9.17) is 0 Å². The van der Waals surface area contributed by atoms with Crippen molar-refractivity contribution in [3.63, 3.8) is 0 Å². The third-order valence-corrected chi connectivity index (χ3v) is 2.56. The molecule has 1 unspecified atom stereocenters. The molecule has 0 spiro atoms. The summed E-state index contributed by atoms with van der Waals surface area (Å²) in [4.78, 5) is 14.9. The van der Waals surface area contributed by atoms with Gasteiger partial charge >= 0.3 is 0 Å². The van der Waals surface area contributed by atoms with E-state index in [-0.39, 0.29) is 5.92 Å². The topological polar surface area (TPSA) is 42.0 Å². The number of nitrogens with zero attached hydrogens (tertiary/aromatic N) is 1. The van der Waals surface area contributed by atoms with Gasteiger partial charge in [-0.1, -0.05) is 6.58 Å². The average Bonchev–Trinajstić information content (AvgIpc) is 2.60. The van der Waals surface area contributed by atoms with Crippen molar-refractivity contribution in [2.45, 2.75) is 18.8 Å². The minimum absolute atomic E-state index is 0.0512. The Kier molecular flexibility index (Phi) is 2.31. The second-order valence-electron chi connectivity index (χ2n) is 3.40. The number of carbonyl (C=O) groups excluding carboxylic acids is 1. The summed E-state index contributed by atoms with van der Waals surface area (Å²) in [7, 11) is 0. The van der Waals surface area contributed by atoms with E-state index < -0.39 is 0 Å². The number of hydrogen-bond acceptors (Lipinski definition) is 3. The number of aryl methyl sites for hydroxylation is 1. The quantitative estimate of drug-likeness (QED) is 0.736. The maximum Gasteiger partial charge on any atom is 0.130 e. The van der Waals surface area contributed by atoms with Crippen molar-refractivity contribution >= 4 is 12.1 Å². The fourth-order valence-corrected chi connectivity index (χ4v) is 1.85. The zero-order valence-corrected chi connectivity index (χ0v) is 7.86. The van der Waals surface area contributed by atoms with Gasteiger partial charge in [0.2, 0.25) is 0 Å². The molecule has 0 saturated heterocycles. The molecule has 14 heavy (non-hydrogen) atoms. The molecule has 1 aromatic rings. The molecular weight excluding hydrogens is 176 g/mol. The van der Waals surface area contributed by atoms with Crippen LogP contribution in [-0.4, -0.2) is 11.3 Å². The van der Waals surface area contributed by atoms with Gasteiger partial charge in [-0.15, -0.1) is 0 Å². The fourth-order valence-electron chi connectivity index (χ4n) is 1.85. The van der Waals surface area contributed by atoms with Gasteiger partial charge in [-0.05, 0) is 36.2 Å². The van der Waals surface area contributed by atoms with Crippen molar-refractivity contribution in [1.82, 2.24) is 4.98 Å². The van der Waals surface area contributed by atoms with Crippen molar-refractivity contribution in [1.29, 1.82) is 0 Å². The number of fused-ring (bicyclic) bond motifs is 1. The molecule has 1 aliphatic rings. The normalized spacial score (nSPS) is 18.7. The summed E-state index contributed by atoms with van der Waals surface area (Å²) in [5.74, 6) is 0.848. The van der Waals surface area contributed by atoms with Gasteiger partial charge in [-0.2, -0.15) is 0 Å². The molecule has 0 radical (unpaired) electrons. The summed E-state index contributed by atoms with van der Waals surface area (Å²) in [6.45, 7) is 3.57. The Morgan fingerprint density at radius 2 is 2.50 bits per heavy atom. The van der Waals surface area contributed by atoms with Crippen LogP contribution in [0.3, 0.4) is 0 Å². The van der Waals surface area contributed by atoms with Gasteiger partial charge in [0.1, 0.15) is 12.1 Å². The number of anilines is 1. The number of hydrogen-bond donors (Lipinski definition) is 1. The van der Waals surface area contributed by atoms with Gasteiger partial charge in [0.25, 0.3) is 0 Å². The molecule has 0 fully saturated rings. The molecule has 0 aliphatic heterocycles. The Morgan fingerprint density at radius 3 is 3.21 bits per heavy atom. The third-order valence-electron chi connectivity index (χ3n) is 2.56. The van der Waals surface area contributed by atoms with Gasteiger partial charge in [-0.25, -0.2) is 4.98 Å². The number of rotatable bonds is 3. The largest absolute Gasteiger partial charge is 0.347 e. The van der Waals surface area contributed by atoms with Crippen molar-refractivity contribution in [3.05, 3.63) is 36.2 Å². The van der Waals surface area contributed by atoms with E-state index in [1.807, 2.05) is 6.07 Å². The average molecular weight is 188 g/mol. The van der Waals surface area contributed by atoms with Crippen LogP contribution in [0.15, 0.2) is 25.0 Å². The van der Waals surface area contributed by atoms with Crippen LogP contribution in [0.4, 0.5) is 5.82 Å². The van der Waals surface area contributed by atoms with E-state index in [1.54, 1.807) is 12.4 Å². The first-order valence-corrected chi connectivity index (χ1v) is 4.66. The Labute approximate surface area is 82.9 Å². The van der Waals surface area contributed by atoms with Crippen molar-refractivity contribution in [3.8, 4) is 0 Å². The molecule has 0 amide bonds. The molecule has 2 rings (SSSR count). The molecule has 0 bridgehead atoms. The summed E-state index contributed by atoms with van der Waals surface area (Å²) in [5.41, 5.74) is 2.30. The Hall–Kier alpha value is -1.64. The maximum atomic E-state index is 10.7. The van der Waals surface area contributed by atoms with E-state index >= 15 is 0 Å². The van der Waals surface area contributed by atoms with Crippen LogP contribution >= 0.6 is 0 Å². The molecule has 1 N–H and O–H groups in total. The molecule has 0 saturated carbocycles. The molecule has 1 atom stereocenters. The predicted octanol–water partition coefficient (Wildman–Crippen LogP) is 1.87. The SMILES string of the molecule is C=CNc1cc2c(cn1)C(C=O)CC2. The zero-order chi connectivity index (χ0) is 9.97. The first-order valence-electron chi connectivity index (χ1n) is 4.66. The van der Waals surface area contributed by atoms with Gasteiger partial charge in [0.15, 0.2) is 0 Å². The molecule has 3 nitrogen and oxygen atoms in total. The molecule has 72 valence electrons. The third kappa shape index (κ3) is 1.41. The number of pyridine rings is 1. The highest BCUT2D eigenvalue weighted by atomic mass is 16.1. The summed E-state index contributed by atoms with van der Waals surface area (Å²) < 4.78 is 0. The number of nitrogens with one attached hydrogen (secondary N) is 1.